The first kappa shape index (κ1) is 20.8. The molecule has 6 heteroatoms. The molecule has 154 valence electrons. The van der Waals surface area contributed by atoms with E-state index in [2.05, 4.69) is 20.5 Å². The summed E-state index contributed by atoms with van der Waals surface area (Å²) in [6.07, 6.45) is 11.2. The first-order valence-corrected chi connectivity index (χ1v) is 10.8. The van der Waals surface area contributed by atoms with Crippen molar-refractivity contribution in [3.8, 4) is 0 Å². The molecular weight excluding hydrogens is 352 g/mol. The molecular formula is C22H34N4O2. The Morgan fingerprint density at radius 3 is 2.32 bits per heavy atom. The van der Waals surface area contributed by atoms with Crippen molar-refractivity contribution in [2.24, 2.45) is 5.92 Å². The van der Waals surface area contributed by atoms with Gasteiger partial charge in [0.1, 0.15) is 0 Å². The van der Waals surface area contributed by atoms with Gasteiger partial charge in [-0.2, -0.15) is 0 Å². The number of anilines is 2. The third kappa shape index (κ3) is 5.31. The minimum atomic E-state index is -0.106. The van der Waals surface area contributed by atoms with Gasteiger partial charge in [0, 0.05) is 31.0 Å². The van der Waals surface area contributed by atoms with Gasteiger partial charge in [0.05, 0.1) is 23.3 Å². The smallest absolute Gasteiger partial charge is 0.226 e. The Kier molecular flexibility index (Phi) is 7.05. The van der Waals surface area contributed by atoms with Crippen molar-refractivity contribution < 1.29 is 9.59 Å². The summed E-state index contributed by atoms with van der Waals surface area (Å²) in [4.78, 5) is 31.4. The Balaban J connectivity index is 1.55. The van der Waals surface area contributed by atoms with Crippen LogP contribution < -0.4 is 10.6 Å². The van der Waals surface area contributed by atoms with E-state index in [1.807, 2.05) is 20.8 Å². The van der Waals surface area contributed by atoms with Crippen molar-refractivity contribution >= 4 is 23.2 Å². The van der Waals surface area contributed by atoms with Crippen LogP contribution in [0.25, 0.3) is 0 Å². The fourth-order valence-electron chi connectivity index (χ4n) is 4.08. The second-order valence-corrected chi connectivity index (χ2v) is 8.56. The van der Waals surface area contributed by atoms with E-state index in [4.69, 9.17) is 0 Å². The summed E-state index contributed by atoms with van der Waals surface area (Å²) in [6, 6.07) is 3.13. The molecule has 0 unspecified atom stereocenters. The van der Waals surface area contributed by atoms with Crippen LogP contribution in [0.4, 0.5) is 11.4 Å². The molecule has 6 nitrogen and oxygen atoms in total. The maximum atomic E-state index is 12.5. The van der Waals surface area contributed by atoms with Crippen LogP contribution in [0.3, 0.4) is 0 Å². The third-order valence-electron chi connectivity index (χ3n) is 6.09. The average Bonchev–Trinajstić information content (AvgIpc) is 3.14. The number of hydrogen-bond acceptors (Lipinski definition) is 4. The third-order valence-corrected chi connectivity index (χ3v) is 6.09. The maximum absolute atomic E-state index is 12.5. The molecule has 2 aliphatic rings. The molecule has 1 aromatic heterocycles. The largest absolute Gasteiger partial charge is 0.325 e. The van der Waals surface area contributed by atoms with Crippen LogP contribution in [0.1, 0.15) is 70.9 Å². The first-order chi connectivity index (χ1) is 13.4. The monoisotopic (exact) mass is 386 g/mol. The second kappa shape index (κ2) is 9.50. The maximum Gasteiger partial charge on any atom is 0.226 e. The Bertz CT molecular complexity index is 694. The van der Waals surface area contributed by atoms with Gasteiger partial charge in [-0.1, -0.05) is 33.1 Å². The highest BCUT2D eigenvalue weighted by Gasteiger charge is 2.32. The topological polar surface area (TPSA) is 74.3 Å². The van der Waals surface area contributed by atoms with Crippen LogP contribution >= 0.6 is 0 Å². The molecule has 2 saturated carbocycles. The van der Waals surface area contributed by atoms with Crippen LogP contribution in [0, 0.1) is 12.8 Å². The predicted octanol–water partition coefficient (Wildman–Crippen LogP) is 4.11. The lowest BCUT2D eigenvalue weighted by Gasteiger charge is -2.41. The van der Waals surface area contributed by atoms with Gasteiger partial charge in [-0.3, -0.25) is 19.5 Å². The molecule has 2 fully saturated rings. The van der Waals surface area contributed by atoms with Crippen molar-refractivity contribution in [3.63, 3.8) is 0 Å². The van der Waals surface area contributed by atoms with E-state index in [9.17, 15) is 9.59 Å². The molecule has 2 amide bonds. The van der Waals surface area contributed by atoms with Gasteiger partial charge < -0.3 is 10.6 Å². The number of aromatic nitrogens is 1. The Morgan fingerprint density at radius 1 is 1.11 bits per heavy atom. The van der Waals surface area contributed by atoms with Crippen LogP contribution in [-0.4, -0.2) is 40.3 Å². The van der Waals surface area contributed by atoms with E-state index in [0.717, 1.165) is 12.2 Å². The summed E-state index contributed by atoms with van der Waals surface area (Å²) >= 11 is 0. The van der Waals surface area contributed by atoms with Gasteiger partial charge in [0.25, 0.3) is 0 Å². The number of nitrogens with zero attached hydrogens (tertiary/aromatic N) is 2. The SMILES string of the molecule is Cc1ncc(NC(=O)CCN(C2CCCC2)C2CCC2)cc1NC(=O)C(C)C. The zero-order valence-corrected chi connectivity index (χ0v) is 17.5. The molecule has 2 N–H and O–H groups in total. The van der Waals surface area contributed by atoms with Crippen LogP contribution in [0.2, 0.25) is 0 Å². The van der Waals surface area contributed by atoms with Crippen LogP contribution in [0.15, 0.2) is 12.3 Å². The Labute approximate surface area is 168 Å². The highest BCUT2D eigenvalue weighted by Crippen LogP contribution is 2.32. The van der Waals surface area contributed by atoms with E-state index in [0.29, 0.717) is 29.9 Å². The predicted molar refractivity (Wildman–Crippen MR) is 112 cm³/mol. The fourth-order valence-corrected chi connectivity index (χ4v) is 4.08. The Morgan fingerprint density at radius 2 is 1.75 bits per heavy atom. The molecule has 2 aliphatic carbocycles. The summed E-state index contributed by atoms with van der Waals surface area (Å²) < 4.78 is 0. The zero-order valence-electron chi connectivity index (χ0n) is 17.5. The minimum Gasteiger partial charge on any atom is -0.325 e. The van der Waals surface area contributed by atoms with Gasteiger partial charge in [-0.25, -0.2) is 0 Å². The van der Waals surface area contributed by atoms with Crippen molar-refractivity contribution in [3.05, 3.63) is 18.0 Å². The van der Waals surface area contributed by atoms with Crippen molar-refractivity contribution in [2.45, 2.75) is 84.2 Å². The van der Waals surface area contributed by atoms with E-state index in [1.54, 1.807) is 12.3 Å². The number of carbonyl (C=O) groups excluding carboxylic acids is 2. The van der Waals surface area contributed by atoms with Crippen LogP contribution in [-0.2, 0) is 9.59 Å². The van der Waals surface area contributed by atoms with E-state index in [1.165, 1.54) is 44.9 Å². The molecule has 28 heavy (non-hydrogen) atoms. The van der Waals surface area contributed by atoms with E-state index < -0.39 is 0 Å². The second-order valence-electron chi connectivity index (χ2n) is 8.56. The Hall–Kier alpha value is -1.95. The molecule has 0 spiro atoms. The lowest BCUT2D eigenvalue weighted by molar-refractivity contribution is -0.119. The normalized spacial score (nSPS) is 17.8. The molecule has 0 aliphatic heterocycles. The molecule has 0 saturated heterocycles. The van der Waals surface area contributed by atoms with Gasteiger partial charge in [-0.15, -0.1) is 0 Å². The molecule has 0 atom stereocenters. The number of amides is 2. The molecule has 0 radical (unpaired) electrons. The zero-order chi connectivity index (χ0) is 20.1. The lowest BCUT2D eigenvalue weighted by atomic mass is 9.90. The number of carbonyl (C=O) groups is 2. The summed E-state index contributed by atoms with van der Waals surface area (Å²) in [6.45, 7) is 6.38. The molecule has 3 rings (SSSR count). The summed E-state index contributed by atoms with van der Waals surface area (Å²) in [7, 11) is 0. The fraction of sp³-hybridized carbons (Fsp3) is 0.682. The van der Waals surface area contributed by atoms with Gasteiger partial charge in [0.2, 0.25) is 11.8 Å². The molecule has 0 aromatic carbocycles. The number of hydrogen-bond donors (Lipinski definition) is 2. The summed E-state index contributed by atoms with van der Waals surface area (Å²) in [5.74, 6) is -0.152. The number of rotatable bonds is 8. The first-order valence-electron chi connectivity index (χ1n) is 10.8. The number of aryl methyl sites for hydroxylation is 1. The highest BCUT2D eigenvalue weighted by atomic mass is 16.2. The van der Waals surface area contributed by atoms with E-state index in [-0.39, 0.29) is 17.7 Å². The minimum absolute atomic E-state index is 0.00843. The van der Waals surface area contributed by atoms with Gasteiger partial charge in [-0.05, 0) is 38.7 Å². The van der Waals surface area contributed by atoms with E-state index >= 15 is 0 Å². The highest BCUT2D eigenvalue weighted by molar-refractivity contribution is 5.95. The lowest BCUT2D eigenvalue weighted by Crippen LogP contribution is -2.46. The average molecular weight is 387 g/mol. The number of nitrogens with one attached hydrogen (secondary N) is 2. The van der Waals surface area contributed by atoms with Crippen molar-refractivity contribution in [2.75, 3.05) is 17.2 Å². The summed E-state index contributed by atoms with van der Waals surface area (Å²) in [5, 5.41) is 5.83. The molecule has 1 heterocycles. The quantitative estimate of drug-likeness (QED) is 0.705. The van der Waals surface area contributed by atoms with Crippen molar-refractivity contribution in [1.82, 2.24) is 9.88 Å². The standard InChI is InChI=1S/C22H34N4O2/c1-15(2)22(28)25-20-13-17(14-23-16(20)3)24-21(27)11-12-26(19-9-6-10-19)18-7-4-5-8-18/h13-15,18-19H,4-12H2,1-3H3,(H,24,27)(H,25,28). The van der Waals surface area contributed by atoms with Gasteiger partial charge in [0.15, 0.2) is 0 Å². The van der Waals surface area contributed by atoms with Crippen molar-refractivity contribution in [1.29, 1.82) is 0 Å². The molecule has 0 bridgehead atoms. The van der Waals surface area contributed by atoms with Gasteiger partial charge >= 0.3 is 0 Å². The number of pyridine rings is 1. The molecule has 1 aromatic rings. The van der Waals surface area contributed by atoms with Crippen LogP contribution in [0.5, 0.6) is 0 Å². The summed E-state index contributed by atoms with van der Waals surface area (Å²) in [5.41, 5.74) is 2.02.